The molecule has 4 aromatic carbocycles. The zero-order valence-electron chi connectivity index (χ0n) is 22.9. The Hall–Kier alpha value is -4.61. The molecule has 0 aliphatic heterocycles. The highest BCUT2D eigenvalue weighted by Gasteiger charge is 2.31. The van der Waals surface area contributed by atoms with E-state index in [9.17, 15) is 31.9 Å². The molecule has 4 aromatic rings. The topological polar surface area (TPSA) is 87.3 Å². The second kappa shape index (κ2) is 14.2. The van der Waals surface area contributed by atoms with Crippen LogP contribution in [-0.2, 0) is 15.8 Å². The van der Waals surface area contributed by atoms with Crippen LogP contribution in [0.25, 0.3) is 6.08 Å². The number of amides is 3. The third-order valence-electron chi connectivity index (χ3n) is 6.08. The van der Waals surface area contributed by atoms with Gasteiger partial charge in [-0.25, -0.2) is 4.39 Å². The van der Waals surface area contributed by atoms with Crippen LogP contribution in [0, 0.1) is 5.82 Å². The lowest BCUT2D eigenvalue weighted by atomic mass is 10.1. The predicted octanol–water partition coefficient (Wildman–Crippen LogP) is 8.03. The average Bonchev–Trinajstić information content (AvgIpc) is 2.99. The number of halogens is 5. The Balaban J connectivity index is 1.43. The van der Waals surface area contributed by atoms with Crippen LogP contribution < -0.4 is 16.0 Å². The normalized spacial score (nSPS) is 12.3. The van der Waals surface area contributed by atoms with E-state index in [4.69, 9.17) is 11.6 Å². The van der Waals surface area contributed by atoms with Crippen LogP contribution in [0.4, 0.5) is 28.9 Å². The molecule has 0 saturated heterocycles. The molecule has 0 aromatic heterocycles. The molecule has 1 unspecified atom stereocenters. The standard InChI is InChI=1S/C32H24ClF4N3O3S/c1-19(29(41)39-27-18-22(32(35,36)37)11-16-25(27)33)44-24-14-12-23(13-15-24)38-31(43)28(17-21-9-5-6-10-26(21)34)40-30(42)20-7-3-2-4-8-20/h2-19H,1H3,(H,38,43)(H,39,41)(H,40,42)/b28-17-. The molecule has 4 rings (SSSR count). The Morgan fingerprint density at radius 1 is 0.864 bits per heavy atom. The number of hydrogen-bond donors (Lipinski definition) is 3. The number of nitrogens with one attached hydrogen (secondary N) is 3. The van der Waals surface area contributed by atoms with Gasteiger partial charge in [0.05, 0.1) is 21.5 Å². The van der Waals surface area contributed by atoms with Gasteiger partial charge in [0.25, 0.3) is 11.8 Å². The van der Waals surface area contributed by atoms with Gasteiger partial charge < -0.3 is 16.0 Å². The van der Waals surface area contributed by atoms with E-state index in [-0.39, 0.29) is 22.0 Å². The van der Waals surface area contributed by atoms with Crippen LogP contribution in [0.15, 0.2) is 108 Å². The van der Waals surface area contributed by atoms with E-state index < -0.39 is 40.5 Å². The van der Waals surface area contributed by atoms with Crippen molar-refractivity contribution in [2.75, 3.05) is 10.6 Å². The summed E-state index contributed by atoms with van der Waals surface area (Å²) in [6.07, 6.45) is -3.37. The minimum atomic E-state index is -4.59. The molecule has 44 heavy (non-hydrogen) atoms. The Morgan fingerprint density at radius 2 is 1.52 bits per heavy atom. The molecule has 0 heterocycles. The Bertz CT molecular complexity index is 1700. The molecule has 3 amide bonds. The van der Waals surface area contributed by atoms with Gasteiger partial charge in [0.2, 0.25) is 5.91 Å². The molecule has 0 aliphatic rings. The molecular formula is C32H24ClF4N3O3S. The zero-order chi connectivity index (χ0) is 31.9. The Morgan fingerprint density at radius 3 is 2.18 bits per heavy atom. The van der Waals surface area contributed by atoms with Gasteiger partial charge in [-0.2, -0.15) is 13.2 Å². The molecule has 0 saturated carbocycles. The van der Waals surface area contributed by atoms with Gasteiger partial charge in [0, 0.05) is 21.7 Å². The lowest BCUT2D eigenvalue weighted by molar-refractivity contribution is -0.137. The molecule has 0 spiro atoms. The summed E-state index contributed by atoms with van der Waals surface area (Å²) in [5.41, 5.74) is -0.551. The maximum absolute atomic E-state index is 14.3. The summed E-state index contributed by atoms with van der Waals surface area (Å²) in [7, 11) is 0. The van der Waals surface area contributed by atoms with Crippen molar-refractivity contribution in [1.29, 1.82) is 0 Å². The van der Waals surface area contributed by atoms with Crippen molar-refractivity contribution in [3.8, 4) is 0 Å². The number of rotatable bonds is 9. The van der Waals surface area contributed by atoms with Gasteiger partial charge in [0.15, 0.2) is 0 Å². The molecule has 12 heteroatoms. The monoisotopic (exact) mass is 641 g/mol. The van der Waals surface area contributed by atoms with Gasteiger partial charge in [-0.15, -0.1) is 11.8 Å². The third kappa shape index (κ3) is 8.71. The minimum absolute atomic E-state index is 0.0352. The number of carbonyl (C=O) groups excluding carboxylic acids is 3. The molecular weight excluding hydrogens is 618 g/mol. The SMILES string of the molecule is CC(Sc1ccc(NC(=O)/C(=C/c2ccccc2F)NC(=O)c2ccccc2)cc1)C(=O)Nc1cc(C(F)(F)F)ccc1Cl. The summed E-state index contributed by atoms with van der Waals surface area (Å²) in [6.45, 7) is 1.58. The molecule has 0 aliphatic carbocycles. The van der Waals surface area contributed by atoms with Crippen LogP contribution in [-0.4, -0.2) is 23.0 Å². The second-order valence-corrected chi connectivity index (χ2v) is 11.1. The van der Waals surface area contributed by atoms with E-state index in [2.05, 4.69) is 16.0 Å². The van der Waals surface area contributed by atoms with Gasteiger partial charge in [-0.1, -0.05) is 48.0 Å². The number of benzene rings is 4. The number of alkyl halides is 3. The van der Waals surface area contributed by atoms with Crippen LogP contribution >= 0.6 is 23.4 Å². The fraction of sp³-hybridized carbons (Fsp3) is 0.0938. The highest BCUT2D eigenvalue weighted by molar-refractivity contribution is 8.00. The first kappa shape index (κ1) is 32.3. The largest absolute Gasteiger partial charge is 0.416 e. The van der Waals surface area contributed by atoms with E-state index in [1.54, 1.807) is 67.6 Å². The molecule has 0 bridgehead atoms. The van der Waals surface area contributed by atoms with Gasteiger partial charge in [0.1, 0.15) is 11.5 Å². The number of anilines is 2. The van der Waals surface area contributed by atoms with Crippen LogP contribution in [0.2, 0.25) is 5.02 Å². The van der Waals surface area contributed by atoms with E-state index in [0.717, 1.165) is 30.0 Å². The van der Waals surface area contributed by atoms with E-state index in [1.807, 2.05) is 0 Å². The summed E-state index contributed by atoms with van der Waals surface area (Å²) >= 11 is 7.11. The quantitative estimate of drug-likeness (QED) is 0.0981. The summed E-state index contributed by atoms with van der Waals surface area (Å²) in [4.78, 5) is 39.3. The van der Waals surface area contributed by atoms with Crippen molar-refractivity contribution in [2.45, 2.75) is 23.2 Å². The first-order chi connectivity index (χ1) is 20.9. The van der Waals surface area contributed by atoms with Crippen molar-refractivity contribution in [3.05, 3.63) is 130 Å². The van der Waals surface area contributed by atoms with Gasteiger partial charge in [-0.05, 0) is 73.7 Å². The first-order valence-electron chi connectivity index (χ1n) is 13.0. The summed E-state index contributed by atoms with van der Waals surface area (Å²) < 4.78 is 53.5. The molecule has 0 fully saturated rings. The van der Waals surface area contributed by atoms with Crippen molar-refractivity contribution < 1.29 is 31.9 Å². The minimum Gasteiger partial charge on any atom is -0.324 e. The first-order valence-corrected chi connectivity index (χ1v) is 14.2. The lowest BCUT2D eigenvalue weighted by Crippen LogP contribution is -2.30. The maximum atomic E-state index is 14.3. The zero-order valence-corrected chi connectivity index (χ0v) is 24.5. The van der Waals surface area contributed by atoms with Crippen molar-refractivity contribution in [3.63, 3.8) is 0 Å². The van der Waals surface area contributed by atoms with Crippen LogP contribution in [0.1, 0.15) is 28.4 Å². The molecule has 6 nitrogen and oxygen atoms in total. The fourth-order valence-corrected chi connectivity index (χ4v) is 4.83. The summed E-state index contributed by atoms with van der Waals surface area (Å²) in [5, 5.41) is 6.87. The van der Waals surface area contributed by atoms with Gasteiger partial charge in [-0.3, -0.25) is 14.4 Å². The number of hydrogen-bond acceptors (Lipinski definition) is 4. The van der Waals surface area contributed by atoms with E-state index in [0.29, 0.717) is 16.1 Å². The summed E-state index contributed by atoms with van der Waals surface area (Å²) in [6, 6.07) is 23.0. The van der Waals surface area contributed by atoms with Crippen molar-refractivity contribution in [2.24, 2.45) is 0 Å². The van der Waals surface area contributed by atoms with Crippen molar-refractivity contribution in [1.82, 2.24) is 5.32 Å². The Labute approximate surface area is 259 Å². The number of thioether (sulfide) groups is 1. The number of carbonyl (C=O) groups is 3. The molecule has 0 radical (unpaired) electrons. The highest BCUT2D eigenvalue weighted by Crippen LogP contribution is 2.34. The molecule has 3 N–H and O–H groups in total. The second-order valence-electron chi connectivity index (χ2n) is 9.32. The van der Waals surface area contributed by atoms with Crippen LogP contribution in [0.5, 0.6) is 0 Å². The highest BCUT2D eigenvalue weighted by atomic mass is 35.5. The fourth-order valence-electron chi connectivity index (χ4n) is 3.79. The van der Waals surface area contributed by atoms with Gasteiger partial charge >= 0.3 is 6.18 Å². The third-order valence-corrected chi connectivity index (χ3v) is 7.52. The average molecular weight is 642 g/mol. The smallest absolute Gasteiger partial charge is 0.324 e. The lowest BCUT2D eigenvalue weighted by Gasteiger charge is -2.15. The molecule has 1 atom stereocenters. The maximum Gasteiger partial charge on any atom is 0.416 e. The van der Waals surface area contributed by atoms with Crippen LogP contribution in [0.3, 0.4) is 0 Å². The summed E-state index contributed by atoms with van der Waals surface area (Å²) in [5.74, 6) is -2.41. The van der Waals surface area contributed by atoms with E-state index in [1.165, 1.54) is 24.3 Å². The molecule has 226 valence electrons. The van der Waals surface area contributed by atoms with E-state index >= 15 is 0 Å². The van der Waals surface area contributed by atoms with Crippen molar-refractivity contribution >= 4 is 58.5 Å². The Kier molecular flexibility index (Phi) is 10.5. The predicted molar refractivity (Wildman–Crippen MR) is 164 cm³/mol.